The Morgan fingerprint density at radius 3 is 2.25 bits per heavy atom. The molecule has 0 saturated carbocycles. The van der Waals surface area contributed by atoms with Gasteiger partial charge in [0, 0.05) is 0 Å². The van der Waals surface area contributed by atoms with E-state index >= 15 is 0 Å². The lowest BCUT2D eigenvalue weighted by molar-refractivity contribution is -0.106. The first-order chi connectivity index (χ1) is 6.71. The van der Waals surface area contributed by atoms with Gasteiger partial charge in [0.15, 0.2) is 0 Å². The monoisotopic (exact) mass is 176 g/mol. The molecule has 0 bridgehead atoms. The molecule has 1 unspecified atom stereocenters. The van der Waals surface area contributed by atoms with E-state index in [9.17, 15) is 15.3 Å². The zero-order chi connectivity index (χ0) is 13.2. The second-order valence-electron chi connectivity index (χ2n) is 3.05. The fourth-order valence-electron chi connectivity index (χ4n) is 1.06. The summed E-state index contributed by atoms with van der Waals surface area (Å²) in [7, 11) is 5.39. The van der Waals surface area contributed by atoms with Crippen molar-refractivity contribution in [1.82, 2.24) is 0 Å². The van der Waals surface area contributed by atoms with Gasteiger partial charge in [0.05, 0.1) is 17.5 Å². The van der Waals surface area contributed by atoms with Gasteiger partial charge in [-0.2, -0.15) is 0 Å². The summed E-state index contributed by atoms with van der Waals surface area (Å²) in [5.41, 5.74) is -4.76. The molecular weight excluding hydrogens is 159 g/mol. The van der Waals surface area contributed by atoms with E-state index in [1.54, 1.807) is 0 Å². The average Bonchev–Trinajstić information content (AvgIpc) is 2.07. The number of ether oxygens (including phenoxy) is 1. The average molecular weight is 176 g/mol. The molecule has 1 aliphatic rings. The van der Waals surface area contributed by atoms with Crippen LogP contribution in [0.3, 0.4) is 0 Å². The third-order valence-corrected chi connectivity index (χ3v) is 1.78. The van der Waals surface area contributed by atoms with Crippen LogP contribution in [0.5, 0.6) is 0 Å². The first-order valence-corrected chi connectivity index (χ1v) is 3.37. The van der Waals surface area contributed by atoms with Crippen molar-refractivity contribution in [3.05, 3.63) is 0 Å². The lowest BCUT2D eigenvalue weighted by Crippen LogP contribution is -2.44. The van der Waals surface area contributed by atoms with Gasteiger partial charge in [-0.05, 0) is 13.8 Å². The summed E-state index contributed by atoms with van der Waals surface area (Å²) >= 11 is 0. The summed E-state index contributed by atoms with van der Waals surface area (Å²) in [5.74, 6) is 0. The normalized spacial score (nSPS) is 72.8. The highest BCUT2D eigenvalue weighted by molar-refractivity contribution is 6.15. The molecule has 1 saturated heterocycles. The van der Waals surface area contributed by atoms with Crippen molar-refractivity contribution in [2.75, 3.05) is 6.56 Å². The predicted molar refractivity (Wildman–Crippen MR) is 42.7 cm³/mol. The van der Waals surface area contributed by atoms with Crippen molar-refractivity contribution < 1.29 is 25.5 Å². The summed E-state index contributed by atoms with van der Waals surface area (Å²) in [6.45, 7) is -1.29. The fourth-order valence-corrected chi connectivity index (χ4v) is 1.06. The summed E-state index contributed by atoms with van der Waals surface area (Å²) in [6, 6.07) is 0. The molecule has 0 spiro atoms. The highest BCUT2D eigenvalue weighted by atomic mass is 16.6. The first kappa shape index (κ1) is 5.60. The van der Waals surface area contributed by atoms with Gasteiger partial charge >= 0.3 is 0 Å². The van der Waals surface area contributed by atoms with Crippen LogP contribution < -0.4 is 0 Å². The Morgan fingerprint density at radius 1 is 1.58 bits per heavy atom. The zero-order valence-electron chi connectivity index (χ0n) is 10.8. The molecule has 0 aromatic rings. The Morgan fingerprint density at radius 2 is 2.08 bits per heavy atom. The fraction of sp³-hybridized carbons (Fsp3) is 1.00. The van der Waals surface area contributed by atoms with E-state index in [0.29, 0.717) is 0 Å². The van der Waals surface area contributed by atoms with Gasteiger partial charge in [0.1, 0.15) is 25.6 Å². The van der Waals surface area contributed by atoms with Crippen molar-refractivity contribution in [2.24, 2.45) is 0 Å². The molecule has 0 aromatic carbocycles. The molecule has 68 valence electrons. The summed E-state index contributed by atoms with van der Waals surface area (Å²) in [4.78, 5) is 0. The maximum Gasteiger partial charge on any atom is 0.117 e. The molecular formula is C7H13BO4. The molecule has 2 radical (unpaired) electrons. The lowest BCUT2D eigenvalue weighted by Gasteiger charge is -2.26. The van der Waals surface area contributed by atoms with Gasteiger partial charge in [-0.3, -0.25) is 0 Å². The molecule has 1 rings (SSSR count). The Kier molecular flexibility index (Phi) is 1.26. The number of rotatable bonds is 1. The molecule has 0 amide bonds. The van der Waals surface area contributed by atoms with Crippen LogP contribution in [0.2, 0.25) is 0 Å². The highest BCUT2D eigenvalue weighted by Crippen LogP contribution is 2.35. The molecule has 3 N–H and O–H groups in total. The Bertz CT molecular complexity index is 314. The van der Waals surface area contributed by atoms with Crippen molar-refractivity contribution >= 4 is 7.85 Å². The van der Waals surface area contributed by atoms with Crippen LogP contribution in [0.25, 0.3) is 0 Å². The molecule has 0 aromatic heterocycles. The quantitative estimate of drug-likeness (QED) is 0.419. The van der Waals surface area contributed by atoms with E-state index in [0.717, 1.165) is 13.8 Å². The smallest absolute Gasteiger partial charge is 0.117 e. The molecule has 4 nitrogen and oxygen atoms in total. The topological polar surface area (TPSA) is 69.9 Å². The van der Waals surface area contributed by atoms with Gasteiger partial charge in [0.2, 0.25) is 0 Å². The number of hydrogen-bond acceptors (Lipinski definition) is 4. The summed E-state index contributed by atoms with van der Waals surface area (Å²) in [6.07, 6.45) is -6.13. The number of hydrogen-bond donors (Lipinski definition) is 3. The minimum absolute atomic E-state index is 0.859. The Hall–Kier alpha value is -0.0951. The van der Waals surface area contributed by atoms with Crippen LogP contribution in [0.4, 0.5) is 0 Å². The van der Waals surface area contributed by atoms with Crippen LogP contribution in [-0.4, -0.2) is 53.0 Å². The Labute approximate surface area is 78.2 Å². The lowest BCUT2D eigenvalue weighted by atomic mass is 9.78. The van der Waals surface area contributed by atoms with Crippen LogP contribution in [-0.2, 0) is 4.74 Å². The van der Waals surface area contributed by atoms with Gasteiger partial charge < -0.3 is 20.1 Å². The summed E-state index contributed by atoms with van der Waals surface area (Å²) in [5, 5.41) is 28.6. The second kappa shape index (κ2) is 2.70. The molecule has 1 aliphatic heterocycles. The maximum absolute atomic E-state index is 9.74. The third kappa shape index (κ3) is 1.27. The Balaban J connectivity index is 3.41. The van der Waals surface area contributed by atoms with Crippen LogP contribution >= 0.6 is 0 Å². The first-order valence-electron chi connectivity index (χ1n) is 5.37. The van der Waals surface area contributed by atoms with E-state index in [4.69, 9.17) is 18.1 Å². The third-order valence-electron chi connectivity index (χ3n) is 1.78. The summed E-state index contributed by atoms with van der Waals surface area (Å²) < 4.78 is 33.9. The largest absolute Gasteiger partial charge is 0.393 e. The zero-order valence-corrected chi connectivity index (χ0v) is 6.83. The van der Waals surface area contributed by atoms with E-state index in [1.807, 2.05) is 0 Å². The van der Waals surface area contributed by atoms with Crippen LogP contribution in [0, 0.1) is 0 Å². The predicted octanol–water partition coefficient (Wildman–Crippen LogP) is -1.63. The molecule has 4 atom stereocenters. The number of aliphatic hydroxyl groups is 3. The van der Waals surface area contributed by atoms with Gasteiger partial charge in [-0.25, -0.2) is 0 Å². The van der Waals surface area contributed by atoms with Gasteiger partial charge in [0.25, 0.3) is 0 Å². The van der Waals surface area contributed by atoms with Crippen LogP contribution in [0.15, 0.2) is 0 Å². The van der Waals surface area contributed by atoms with Crippen molar-refractivity contribution in [1.29, 1.82) is 0 Å². The van der Waals surface area contributed by atoms with Gasteiger partial charge in [-0.1, -0.05) is 0 Å². The van der Waals surface area contributed by atoms with E-state index in [-0.39, 0.29) is 0 Å². The van der Waals surface area contributed by atoms with Crippen molar-refractivity contribution in [3.8, 4) is 0 Å². The molecule has 1 heterocycles. The van der Waals surface area contributed by atoms with E-state index in [2.05, 4.69) is 0 Å². The standard InChI is InChI=1S/C7H13BO4/c1-6(3-9)4(10)5(11)7(2,8)12-6/h4-5,9-11H,3H2,1-2H3/t4?,5-,6+,7+/m0/s1/i3D2,4D,5D. The second-order valence-corrected chi connectivity index (χ2v) is 3.05. The van der Waals surface area contributed by atoms with Crippen molar-refractivity contribution in [3.63, 3.8) is 0 Å². The molecule has 5 heteroatoms. The SMILES string of the molecule is [2H]C([2H])(O)[C@@]1(C)O[C@]([B])(C)[C@@]([2H])(O)C1([2H])O. The van der Waals surface area contributed by atoms with Gasteiger partial charge in [-0.15, -0.1) is 0 Å². The van der Waals surface area contributed by atoms with E-state index < -0.39 is 29.8 Å². The molecule has 1 fully saturated rings. The highest BCUT2D eigenvalue weighted by Gasteiger charge is 2.54. The molecule has 0 aliphatic carbocycles. The minimum Gasteiger partial charge on any atom is -0.393 e. The van der Waals surface area contributed by atoms with E-state index in [1.165, 1.54) is 0 Å². The molecule has 12 heavy (non-hydrogen) atoms. The van der Waals surface area contributed by atoms with Crippen LogP contribution in [0.1, 0.15) is 19.3 Å². The van der Waals surface area contributed by atoms with Crippen molar-refractivity contribution in [2.45, 2.75) is 37.1 Å². The maximum atomic E-state index is 9.74. The minimum atomic E-state index is -3.16.